The van der Waals surface area contributed by atoms with E-state index in [1.807, 2.05) is 28.6 Å². The fourth-order valence-corrected chi connectivity index (χ4v) is 5.04. The van der Waals surface area contributed by atoms with E-state index in [1.165, 1.54) is 10.5 Å². The number of hydrogen-bond donors (Lipinski definition) is 1. The predicted molar refractivity (Wildman–Crippen MR) is 112 cm³/mol. The number of rotatable bonds is 4. The van der Waals surface area contributed by atoms with Crippen LogP contribution in [-0.4, -0.2) is 26.4 Å². The van der Waals surface area contributed by atoms with Crippen LogP contribution in [-0.2, 0) is 0 Å². The Hall–Kier alpha value is -2.34. The summed E-state index contributed by atoms with van der Waals surface area (Å²) in [5, 5.41) is 8.65. The van der Waals surface area contributed by atoms with Gasteiger partial charge in [0.05, 0.1) is 23.2 Å². The molecule has 1 N–H and O–H groups in total. The average Bonchev–Trinajstić information content (AvgIpc) is 3.46. The number of thioether (sulfide) groups is 1. The molecule has 3 heterocycles. The molecular weight excluding hydrogens is 368 g/mol. The van der Waals surface area contributed by atoms with E-state index >= 15 is 0 Å². The molecule has 5 nitrogen and oxygen atoms in total. The van der Waals surface area contributed by atoms with Crippen LogP contribution >= 0.6 is 11.8 Å². The van der Waals surface area contributed by atoms with Crippen LogP contribution in [0.3, 0.4) is 0 Å². The summed E-state index contributed by atoms with van der Waals surface area (Å²) in [6, 6.07) is 10.6. The van der Waals surface area contributed by atoms with Crippen LogP contribution in [0.2, 0.25) is 0 Å². The fraction of sp³-hybridized carbons (Fsp3) is 0.409. The van der Waals surface area contributed by atoms with Crippen LogP contribution in [0.1, 0.15) is 72.7 Å². The summed E-state index contributed by atoms with van der Waals surface area (Å²) in [5.74, 6) is 1.48. The van der Waals surface area contributed by atoms with E-state index in [2.05, 4.69) is 42.5 Å². The molecule has 5 rings (SSSR count). The van der Waals surface area contributed by atoms with Gasteiger partial charge in [-0.05, 0) is 50.8 Å². The Labute approximate surface area is 168 Å². The van der Waals surface area contributed by atoms with Gasteiger partial charge in [-0.25, -0.2) is 9.67 Å². The lowest BCUT2D eigenvalue weighted by Crippen LogP contribution is -2.31. The Kier molecular flexibility index (Phi) is 4.38. The van der Waals surface area contributed by atoms with Gasteiger partial charge in [0, 0.05) is 28.3 Å². The zero-order valence-electron chi connectivity index (χ0n) is 16.2. The van der Waals surface area contributed by atoms with Gasteiger partial charge >= 0.3 is 0 Å². The second kappa shape index (κ2) is 6.92. The fourth-order valence-electron chi connectivity index (χ4n) is 3.92. The highest BCUT2D eigenvalue weighted by molar-refractivity contribution is 7.99. The molecule has 0 spiro atoms. The maximum Gasteiger partial charge on any atom is 0.252 e. The van der Waals surface area contributed by atoms with Crippen molar-refractivity contribution in [3.63, 3.8) is 0 Å². The summed E-state index contributed by atoms with van der Waals surface area (Å²) < 4.78 is 1.92. The normalized spacial score (nSPS) is 19.0. The number of benzene rings is 1. The molecule has 2 aliphatic rings. The van der Waals surface area contributed by atoms with Gasteiger partial charge in [-0.1, -0.05) is 18.2 Å². The minimum Gasteiger partial charge on any atom is -0.345 e. The van der Waals surface area contributed by atoms with E-state index in [-0.39, 0.29) is 18.0 Å². The third-order valence-corrected chi connectivity index (χ3v) is 6.70. The number of aromatic nitrogens is 3. The molecule has 1 aromatic carbocycles. The predicted octanol–water partition coefficient (Wildman–Crippen LogP) is 4.86. The highest BCUT2D eigenvalue weighted by Gasteiger charge is 2.29. The largest absolute Gasteiger partial charge is 0.345 e. The average molecular weight is 393 g/mol. The van der Waals surface area contributed by atoms with Gasteiger partial charge in [-0.3, -0.25) is 4.79 Å². The molecule has 28 heavy (non-hydrogen) atoms. The number of nitrogens with one attached hydrogen (secondary N) is 1. The molecule has 0 unspecified atom stereocenters. The topological polar surface area (TPSA) is 59.8 Å². The van der Waals surface area contributed by atoms with Crippen molar-refractivity contribution < 1.29 is 4.79 Å². The van der Waals surface area contributed by atoms with Crippen molar-refractivity contribution >= 4 is 28.7 Å². The Morgan fingerprint density at radius 2 is 2.07 bits per heavy atom. The summed E-state index contributed by atoms with van der Waals surface area (Å²) in [6.07, 6.45) is 5.05. The summed E-state index contributed by atoms with van der Waals surface area (Å²) >= 11 is 1.86. The van der Waals surface area contributed by atoms with Crippen LogP contribution in [0.15, 0.2) is 41.4 Å². The molecule has 0 saturated heterocycles. The molecule has 0 bridgehead atoms. The lowest BCUT2D eigenvalue weighted by atomic mass is 10.0. The van der Waals surface area contributed by atoms with Crippen molar-refractivity contribution in [3.05, 3.63) is 53.3 Å². The smallest absolute Gasteiger partial charge is 0.252 e. The van der Waals surface area contributed by atoms with E-state index < -0.39 is 0 Å². The van der Waals surface area contributed by atoms with E-state index in [9.17, 15) is 4.79 Å². The second-order valence-electron chi connectivity index (χ2n) is 7.99. The molecule has 0 radical (unpaired) electrons. The summed E-state index contributed by atoms with van der Waals surface area (Å²) in [4.78, 5) is 19.5. The van der Waals surface area contributed by atoms with Crippen LogP contribution < -0.4 is 5.32 Å². The Morgan fingerprint density at radius 3 is 2.86 bits per heavy atom. The van der Waals surface area contributed by atoms with Crippen molar-refractivity contribution in [2.75, 3.05) is 5.75 Å². The zero-order valence-corrected chi connectivity index (χ0v) is 17.0. The molecule has 1 saturated carbocycles. The van der Waals surface area contributed by atoms with Crippen LogP contribution in [0, 0.1) is 0 Å². The lowest BCUT2D eigenvalue weighted by Gasteiger charge is -2.26. The van der Waals surface area contributed by atoms with Gasteiger partial charge < -0.3 is 5.32 Å². The third kappa shape index (κ3) is 3.09. The van der Waals surface area contributed by atoms with Gasteiger partial charge in [0.25, 0.3) is 5.91 Å². The maximum atomic E-state index is 13.3. The van der Waals surface area contributed by atoms with Crippen LogP contribution in [0.5, 0.6) is 0 Å². The number of hydrogen-bond acceptors (Lipinski definition) is 4. The SMILES string of the molecule is CC(C)n1ncc2c(C(=O)N[C@@H]3CCSc4ccccc43)cc(C3CC3)nc21. The van der Waals surface area contributed by atoms with Gasteiger partial charge in [-0.2, -0.15) is 5.10 Å². The minimum atomic E-state index is -0.0238. The number of carbonyl (C=O) groups excluding carboxylic acids is 1. The van der Waals surface area contributed by atoms with Gasteiger partial charge in [0.15, 0.2) is 5.65 Å². The highest BCUT2D eigenvalue weighted by Crippen LogP contribution is 2.41. The first-order chi connectivity index (χ1) is 13.6. The van der Waals surface area contributed by atoms with Crippen molar-refractivity contribution in [1.29, 1.82) is 0 Å². The van der Waals surface area contributed by atoms with E-state index in [4.69, 9.17) is 4.98 Å². The summed E-state index contributed by atoms with van der Waals surface area (Å²) in [7, 11) is 0. The first kappa shape index (κ1) is 17.7. The Bertz CT molecular complexity index is 1050. The van der Waals surface area contributed by atoms with Crippen molar-refractivity contribution in [2.45, 2.75) is 56.0 Å². The minimum absolute atomic E-state index is 0.0238. The Morgan fingerprint density at radius 1 is 1.25 bits per heavy atom. The van der Waals surface area contributed by atoms with Crippen LogP contribution in [0.4, 0.5) is 0 Å². The molecule has 144 valence electrons. The molecule has 1 aliphatic heterocycles. The second-order valence-corrected chi connectivity index (χ2v) is 9.13. The van der Waals surface area contributed by atoms with Gasteiger partial charge in [0.2, 0.25) is 0 Å². The first-order valence-electron chi connectivity index (χ1n) is 10.0. The number of carbonyl (C=O) groups is 1. The number of amides is 1. The molecule has 6 heteroatoms. The van der Waals surface area contributed by atoms with Crippen LogP contribution in [0.25, 0.3) is 11.0 Å². The molecule has 1 aliphatic carbocycles. The van der Waals surface area contributed by atoms with Crippen molar-refractivity contribution in [3.8, 4) is 0 Å². The first-order valence-corrected chi connectivity index (χ1v) is 11.0. The monoisotopic (exact) mass is 392 g/mol. The lowest BCUT2D eigenvalue weighted by molar-refractivity contribution is 0.0936. The molecular formula is C22H24N4OS. The molecule has 2 aromatic heterocycles. The highest BCUT2D eigenvalue weighted by atomic mass is 32.2. The maximum absolute atomic E-state index is 13.3. The number of nitrogens with zero attached hydrogens (tertiary/aromatic N) is 3. The number of fused-ring (bicyclic) bond motifs is 2. The number of pyridine rings is 1. The standard InChI is InChI=1S/C22H24N4OS/c1-13(2)26-21-17(12-23-26)16(11-19(24-21)14-7-8-14)22(27)25-18-9-10-28-20-6-4-3-5-15(18)20/h3-6,11-14,18H,7-10H2,1-2H3,(H,25,27)/t18-/m1/s1. The summed E-state index contributed by atoms with van der Waals surface area (Å²) in [6.45, 7) is 4.18. The quantitative estimate of drug-likeness (QED) is 0.689. The van der Waals surface area contributed by atoms with E-state index in [0.29, 0.717) is 11.5 Å². The van der Waals surface area contributed by atoms with Crippen molar-refractivity contribution in [2.24, 2.45) is 0 Å². The molecule has 3 aromatic rings. The molecule has 1 atom stereocenters. The van der Waals surface area contributed by atoms with Crippen molar-refractivity contribution in [1.82, 2.24) is 20.1 Å². The summed E-state index contributed by atoms with van der Waals surface area (Å²) in [5.41, 5.74) is 3.77. The molecule has 1 amide bonds. The van der Waals surface area contributed by atoms with Gasteiger partial charge in [-0.15, -0.1) is 11.8 Å². The van der Waals surface area contributed by atoms with E-state index in [0.717, 1.165) is 41.7 Å². The third-order valence-electron chi connectivity index (χ3n) is 5.58. The Balaban J connectivity index is 1.53. The zero-order chi connectivity index (χ0) is 19.3. The van der Waals surface area contributed by atoms with E-state index in [1.54, 1.807) is 6.20 Å². The molecule has 1 fully saturated rings. The van der Waals surface area contributed by atoms with Gasteiger partial charge in [0.1, 0.15) is 0 Å².